The molecule has 0 N–H and O–H groups in total. The van der Waals surface area contributed by atoms with Crippen LogP contribution in [0.4, 0.5) is 0 Å². The van der Waals surface area contributed by atoms with Gasteiger partial charge in [0.05, 0.1) is 30.2 Å². The molecule has 0 saturated carbocycles. The van der Waals surface area contributed by atoms with Crippen LogP contribution in [-0.2, 0) is 14.6 Å². The van der Waals surface area contributed by atoms with Gasteiger partial charge in [0, 0.05) is 24.7 Å². The van der Waals surface area contributed by atoms with E-state index in [2.05, 4.69) is 11.8 Å². The fourth-order valence-corrected chi connectivity index (χ4v) is 5.92. The number of piperazine rings is 1. The summed E-state index contributed by atoms with van der Waals surface area (Å²) in [6.07, 6.45) is 0.943. The molecule has 2 atom stereocenters. The van der Waals surface area contributed by atoms with Crippen molar-refractivity contribution in [3.05, 3.63) is 35.4 Å². The molecule has 3 rings (SSSR count). The van der Waals surface area contributed by atoms with Gasteiger partial charge in [-0.3, -0.25) is 9.69 Å². The Morgan fingerprint density at radius 3 is 2.54 bits per heavy atom. The average Bonchev–Trinajstić information content (AvgIpc) is 2.96. The van der Waals surface area contributed by atoms with Crippen LogP contribution in [0.25, 0.3) is 0 Å². The molecule has 2 aliphatic rings. The zero-order valence-corrected chi connectivity index (χ0v) is 15.9. The Morgan fingerprint density at radius 1 is 1.15 bits per heavy atom. The zero-order valence-electron chi connectivity index (χ0n) is 15.1. The molecular weight excluding hydrogens is 356 g/mol. The van der Waals surface area contributed by atoms with Crippen molar-refractivity contribution in [3.63, 3.8) is 0 Å². The van der Waals surface area contributed by atoms with E-state index in [1.807, 2.05) is 0 Å². The Balaban J connectivity index is 1.87. The first kappa shape index (κ1) is 18.8. The summed E-state index contributed by atoms with van der Waals surface area (Å²) >= 11 is 0. The van der Waals surface area contributed by atoms with E-state index in [0.717, 1.165) is 13.0 Å². The van der Waals surface area contributed by atoms with Crippen LogP contribution in [0.1, 0.15) is 34.1 Å². The molecule has 0 unspecified atom stereocenters. The van der Waals surface area contributed by atoms with E-state index in [1.165, 1.54) is 13.2 Å². The molecule has 0 aromatic heterocycles. The number of carbonyl (C=O) groups excluding carboxylic acids is 2. The van der Waals surface area contributed by atoms with Crippen molar-refractivity contribution in [1.82, 2.24) is 9.80 Å². The highest BCUT2D eigenvalue weighted by Gasteiger charge is 2.47. The van der Waals surface area contributed by atoms with Gasteiger partial charge in [-0.1, -0.05) is 13.0 Å². The van der Waals surface area contributed by atoms with Crippen LogP contribution in [0, 0.1) is 0 Å². The van der Waals surface area contributed by atoms with Crippen molar-refractivity contribution in [1.29, 1.82) is 0 Å². The van der Waals surface area contributed by atoms with Gasteiger partial charge >= 0.3 is 5.97 Å². The lowest BCUT2D eigenvalue weighted by Gasteiger charge is -2.44. The van der Waals surface area contributed by atoms with E-state index in [0.29, 0.717) is 24.2 Å². The SMILES string of the molecule is CCCN1CCN(C(=O)c2cccc(C(=O)OC)c2)[C@@H]2CS(=O)(=O)C[C@@H]21. The second-order valence-electron chi connectivity index (χ2n) is 6.82. The number of carbonyl (C=O) groups is 2. The molecule has 8 heteroatoms. The first-order valence-electron chi connectivity index (χ1n) is 8.80. The van der Waals surface area contributed by atoms with Crippen LogP contribution in [0.3, 0.4) is 0 Å². The first-order valence-corrected chi connectivity index (χ1v) is 10.6. The van der Waals surface area contributed by atoms with Gasteiger partial charge in [0.15, 0.2) is 9.84 Å². The molecule has 2 heterocycles. The Morgan fingerprint density at radius 2 is 1.85 bits per heavy atom. The smallest absolute Gasteiger partial charge is 0.337 e. The fraction of sp³-hybridized carbons (Fsp3) is 0.556. The highest BCUT2D eigenvalue weighted by Crippen LogP contribution is 2.28. The average molecular weight is 380 g/mol. The molecule has 2 aliphatic heterocycles. The molecule has 0 spiro atoms. The third kappa shape index (κ3) is 3.61. The highest BCUT2D eigenvalue weighted by molar-refractivity contribution is 7.91. The molecule has 1 aromatic carbocycles. The standard InChI is InChI=1S/C18H24N2O5S/c1-3-7-19-8-9-20(16-12-26(23,24)11-15(16)19)17(21)13-5-4-6-14(10-13)18(22)25-2/h4-6,10,15-16H,3,7-9,11-12H2,1-2H3/t15-,16+/m0/s1. The van der Waals surface area contributed by atoms with E-state index in [-0.39, 0.29) is 29.5 Å². The predicted octanol–water partition coefficient (Wildman–Crippen LogP) is 0.807. The Hall–Kier alpha value is -1.93. The van der Waals surface area contributed by atoms with E-state index in [4.69, 9.17) is 4.74 Å². The number of hydrogen-bond donors (Lipinski definition) is 0. The number of rotatable bonds is 4. The minimum Gasteiger partial charge on any atom is -0.465 e. The molecule has 2 saturated heterocycles. The zero-order chi connectivity index (χ0) is 18.9. The van der Waals surface area contributed by atoms with Gasteiger partial charge in [-0.25, -0.2) is 13.2 Å². The summed E-state index contributed by atoms with van der Waals surface area (Å²) in [5, 5.41) is 0. The topological polar surface area (TPSA) is 84.0 Å². The molecule has 142 valence electrons. The Labute approximate surface area is 153 Å². The largest absolute Gasteiger partial charge is 0.465 e. The summed E-state index contributed by atoms with van der Waals surface area (Å²) in [5.41, 5.74) is 0.679. The van der Waals surface area contributed by atoms with Crippen LogP contribution in [0.2, 0.25) is 0 Å². The molecule has 0 bridgehead atoms. The maximum atomic E-state index is 13.0. The number of ether oxygens (including phenoxy) is 1. The molecule has 0 aliphatic carbocycles. The molecule has 7 nitrogen and oxygen atoms in total. The van der Waals surface area contributed by atoms with Crippen LogP contribution >= 0.6 is 0 Å². The minimum atomic E-state index is -3.16. The minimum absolute atomic E-state index is 0.000311. The normalized spacial score (nSPS) is 24.9. The molecule has 1 aromatic rings. The van der Waals surface area contributed by atoms with Gasteiger partial charge < -0.3 is 9.64 Å². The Kier molecular flexibility index (Phi) is 5.34. The molecule has 1 amide bonds. The summed E-state index contributed by atoms with van der Waals surface area (Å²) < 4.78 is 29.1. The van der Waals surface area contributed by atoms with Crippen LogP contribution in [0.15, 0.2) is 24.3 Å². The van der Waals surface area contributed by atoms with Crippen molar-refractivity contribution < 1.29 is 22.7 Å². The number of sulfone groups is 1. The van der Waals surface area contributed by atoms with Crippen molar-refractivity contribution in [2.45, 2.75) is 25.4 Å². The summed E-state index contributed by atoms with van der Waals surface area (Å²) in [5.74, 6) is -0.642. The molecule has 0 radical (unpaired) electrons. The lowest BCUT2D eigenvalue weighted by molar-refractivity contribution is 0.0333. The summed E-state index contributed by atoms with van der Waals surface area (Å²) in [6.45, 7) is 4.04. The number of benzene rings is 1. The van der Waals surface area contributed by atoms with Gasteiger partial charge in [-0.05, 0) is 31.2 Å². The molecule has 26 heavy (non-hydrogen) atoms. The third-order valence-corrected chi connectivity index (χ3v) is 6.79. The monoisotopic (exact) mass is 380 g/mol. The number of hydrogen-bond acceptors (Lipinski definition) is 6. The van der Waals surface area contributed by atoms with Crippen molar-refractivity contribution in [3.8, 4) is 0 Å². The highest BCUT2D eigenvalue weighted by atomic mass is 32.2. The van der Waals surface area contributed by atoms with Gasteiger partial charge in [-0.2, -0.15) is 0 Å². The van der Waals surface area contributed by atoms with Crippen molar-refractivity contribution in [2.75, 3.05) is 38.2 Å². The van der Waals surface area contributed by atoms with Crippen LogP contribution in [-0.4, -0.2) is 80.4 Å². The predicted molar refractivity (Wildman–Crippen MR) is 96.9 cm³/mol. The summed E-state index contributed by atoms with van der Waals surface area (Å²) in [4.78, 5) is 28.6. The van der Waals surface area contributed by atoms with Crippen molar-refractivity contribution >= 4 is 21.7 Å². The van der Waals surface area contributed by atoms with Crippen molar-refractivity contribution in [2.24, 2.45) is 0 Å². The van der Waals surface area contributed by atoms with Gasteiger partial charge in [0.25, 0.3) is 5.91 Å². The van der Waals surface area contributed by atoms with Crippen LogP contribution < -0.4 is 0 Å². The van der Waals surface area contributed by atoms with E-state index >= 15 is 0 Å². The van der Waals surface area contributed by atoms with Gasteiger partial charge in [0.1, 0.15) is 0 Å². The Bertz CT molecular complexity index is 808. The second-order valence-corrected chi connectivity index (χ2v) is 8.97. The third-order valence-electron chi connectivity index (χ3n) is 5.09. The van der Waals surface area contributed by atoms with Crippen LogP contribution in [0.5, 0.6) is 0 Å². The number of fused-ring (bicyclic) bond motifs is 1. The lowest BCUT2D eigenvalue weighted by atomic mass is 10.0. The summed E-state index contributed by atoms with van der Waals surface area (Å²) in [7, 11) is -1.87. The quantitative estimate of drug-likeness (QED) is 0.719. The number of nitrogens with zero attached hydrogens (tertiary/aromatic N) is 2. The lowest BCUT2D eigenvalue weighted by Crippen LogP contribution is -2.60. The number of methoxy groups -OCH3 is 1. The maximum absolute atomic E-state index is 13.0. The summed E-state index contributed by atoms with van der Waals surface area (Å²) in [6, 6.07) is 5.88. The first-order chi connectivity index (χ1) is 12.4. The number of amides is 1. The van der Waals surface area contributed by atoms with Gasteiger partial charge in [0.2, 0.25) is 0 Å². The van der Waals surface area contributed by atoms with Gasteiger partial charge in [-0.15, -0.1) is 0 Å². The van der Waals surface area contributed by atoms with E-state index in [1.54, 1.807) is 23.1 Å². The second kappa shape index (κ2) is 7.36. The van der Waals surface area contributed by atoms with E-state index < -0.39 is 15.8 Å². The fourth-order valence-electron chi connectivity index (χ4n) is 3.90. The number of esters is 1. The molecule has 2 fully saturated rings. The molecular formula is C18H24N2O5S. The maximum Gasteiger partial charge on any atom is 0.337 e. The van der Waals surface area contributed by atoms with E-state index in [9.17, 15) is 18.0 Å².